The Balaban J connectivity index is 1.67. The summed E-state index contributed by atoms with van der Waals surface area (Å²) < 4.78 is 0. The molecule has 5 rings (SSSR count). The van der Waals surface area contributed by atoms with Gasteiger partial charge in [-0.05, 0) is 64.6 Å². The van der Waals surface area contributed by atoms with Gasteiger partial charge in [-0.3, -0.25) is 14.9 Å². The normalized spacial score (nSPS) is 15.1. The van der Waals surface area contributed by atoms with E-state index in [2.05, 4.69) is 5.32 Å². The molecule has 1 saturated heterocycles. The van der Waals surface area contributed by atoms with E-state index in [0.29, 0.717) is 17.1 Å². The van der Waals surface area contributed by atoms with E-state index in [1.54, 1.807) is 18.2 Å². The molecule has 4 aromatic carbocycles. The number of carbonyl (C=O) groups is 3. The molecule has 1 aliphatic heterocycles. The zero-order valence-corrected chi connectivity index (χ0v) is 19.7. The van der Waals surface area contributed by atoms with Crippen molar-refractivity contribution in [3.63, 3.8) is 0 Å². The van der Waals surface area contributed by atoms with Crippen LogP contribution in [0.5, 0.6) is 0 Å². The minimum absolute atomic E-state index is 0.107. The second-order valence-electron chi connectivity index (χ2n) is 8.37. The van der Waals surface area contributed by atoms with Gasteiger partial charge in [0.2, 0.25) is 0 Å². The second-order valence-corrected chi connectivity index (χ2v) is 8.78. The number of nitrogens with one attached hydrogen (secondary N) is 1. The number of anilines is 1. The molecule has 4 aromatic rings. The number of hydrogen-bond acceptors (Lipinski definition) is 3. The molecule has 172 valence electrons. The molecule has 0 bridgehead atoms. The molecule has 0 radical (unpaired) electrons. The molecule has 1 fully saturated rings. The molecule has 0 aromatic heterocycles. The van der Waals surface area contributed by atoms with Gasteiger partial charge in [-0.2, -0.15) is 0 Å². The number of urea groups is 1. The number of amides is 4. The molecule has 5 nitrogen and oxygen atoms in total. The summed E-state index contributed by atoms with van der Waals surface area (Å²) in [7, 11) is 0. The lowest BCUT2D eigenvalue weighted by Crippen LogP contribution is -2.54. The Morgan fingerprint density at radius 1 is 0.829 bits per heavy atom. The minimum Gasteiger partial charge on any atom is -0.273 e. The van der Waals surface area contributed by atoms with Crippen LogP contribution in [0, 0.1) is 6.92 Å². The van der Waals surface area contributed by atoms with Gasteiger partial charge in [0, 0.05) is 5.02 Å². The third kappa shape index (κ3) is 4.22. The summed E-state index contributed by atoms with van der Waals surface area (Å²) in [6, 6.07) is 25.6. The number of barbiturate groups is 1. The first kappa shape index (κ1) is 22.6. The van der Waals surface area contributed by atoms with Crippen molar-refractivity contribution in [2.75, 3.05) is 4.90 Å². The molecule has 1 aliphatic rings. The maximum Gasteiger partial charge on any atom is 0.335 e. The first-order valence-corrected chi connectivity index (χ1v) is 11.5. The molecule has 0 spiro atoms. The maximum atomic E-state index is 13.5. The van der Waals surface area contributed by atoms with Gasteiger partial charge in [0.1, 0.15) is 5.57 Å². The van der Waals surface area contributed by atoms with Crippen molar-refractivity contribution < 1.29 is 14.4 Å². The molecule has 0 saturated carbocycles. The Morgan fingerprint density at radius 3 is 2.34 bits per heavy atom. The third-order valence-corrected chi connectivity index (χ3v) is 6.52. The van der Waals surface area contributed by atoms with E-state index < -0.39 is 17.8 Å². The number of rotatable bonds is 4. The highest BCUT2D eigenvalue weighted by Crippen LogP contribution is 2.31. The van der Waals surface area contributed by atoms with Crippen molar-refractivity contribution in [3.8, 4) is 0 Å². The number of imide groups is 2. The first-order valence-electron chi connectivity index (χ1n) is 11.1. The summed E-state index contributed by atoms with van der Waals surface area (Å²) in [5.41, 5.74) is 3.64. The lowest BCUT2D eigenvalue weighted by atomic mass is 9.92. The van der Waals surface area contributed by atoms with Crippen molar-refractivity contribution >= 4 is 52.0 Å². The average molecular weight is 481 g/mol. The quantitative estimate of drug-likeness (QED) is 0.285. The van der Waals surface area contributed by atoms with Gasteiger partial charge >= 0.3 is 6.03 Å². The van der Waals surface area contributed by atoms with Crippen LogP contribution in [0.25, 0.3) is 16.8 Å². The zero-order valence-electron chi connectivity index (χ0n) is 18.9. The molecular formula is C29H21ClN2O3. The predicted octanol–water partition coefficient (Wildman–Crippen LogP) is 6.06. The highest BCUT2D eigenvalue weighted by Gasteiger charge is 2.37. The van der Waals surface area contributed by atoms with Crippen molar-refractivity contribution in [1.29, 1.82) is 0 Å². The van der Waals surface area contributed by atoms with Gasteiger partial charge in [-0.25, -0.2) is 9.69 Å². The summed E-state index contributed by atoms with van der Waals surface area (Å²) in [6.45, 7) is 1.81. The SMILES string of the molecule is Cc1ccccc1N1C(=O)NC(=O)/C(=C\c2c(Cc3ccccc3Cl)ccc3ccccc23)C1=O. The fourth-order valence-corrected chi connectivity index (χ4v) is 4.55. The van der Waals surface area contributed by atoms with Gasteiger partial charge in [-0.15, -0.1) is 0 Å². The Hall–Kier alpha value is -4.22. The van der Waals surface area contributed by atoms with Gasteiger partial charge in [0.15, 0.2) is 0 Å². The first-order chi connectivity index (χ1) is 16.9. The number of aryl methyl sites for hydroxylation is 1. The van der Waals surface area contributed by atoms with E-state index in [-0.39, 0.29) is 5.57 Å². The van der Waals surface area contributed by atoms with Crippen LogP contribution in [-0.2, 0) is 16.0 Å². The number of fused-ring (bicyclic) bond motifs is 1. The van der Waals surface area contributed by atoms with E-state index in [9.17, 15) is 14.4 Å². The van der Waals surface area contributed by atoms with E-state index >= 15 is 0 Å². The van der Waals surface area contributed by atoms with E-state index in [4.69, 9.17) is 11.6 Å². The van der Waals surface area contributed by atoms with Crippen LogP contribution in [0.3, 0.4) is 0 Å². The molecule has 0 aliphatic carbocycles. The van der Waals surface area contributed by atoms with Gasteiger partial charge in [0.05, 0.1) is 5.69 Å². The Morgan fingerprint density at radius 2 is 1.54 bits per heavy atom. The topological polar surface area (TPSA) is 66.5 Å². The van der Waals surface area contributed by atoms with Gasteiger partial charge in [0.25, 0.3) is 11.8 Å². The van der Waals surface area contributed by atoms with Gasteiger partial charge in [-0.1, -0.05) is 84.4 Å². The highest BCUT2D eigenvalue weighted by atomic mass is 35.5. The van der Waals surface area contributed by atoms with Crippen LogP contribution >= 0.6 is 11.6 Å². The Labute approximate surface area is 207 Å². The number of benzene rings is 4. The van der Waals surface area contributed by atoms with Gasteiger partial charge < -0.3 is 0 Å². The maximum absolute atomic E-state index is 13.5. The van der Waals surface area contributed by atoms with Crippen molar-refractivity contribution in [2.45, 2.75) is 13.3 Å². The molecule has 1 N–H and O–H groups in total. The summed E-state index contributed by atoms with van der Waals surface area (Å²) in [4.78, 5) is 40.1. The van der Waals surface area contributed by atoms with E-state index in [1.165, 1.54) is 0 Å². The summed E-state index contributed by atoms with van der Waals surface area (Å²) >= 11 is 6.42. The largest absolute Gasteiger partial charge is 0.335 e. The van der Waals surface area contributed by atoms with Crippen LogP contribution in [0.1, 0.15) is 22.3 Å². The average Bonchev–Trinajstić information content (AvgIpc) is 2.85. The number of halogens is 1. The number of hydrogen-bond donors (Lipinski definition) is 1. The van der Waals surface area contributed by atoms with Crippen molar-refractivity contribution in [3.05, 3.63) is 118 Å². The summed E-state index contributed by atoms with van der Waals surface area (Å²) in [5, 5.41) is 4.82. The summed E-state index contributed by atoms with van der Waals surface area (Å²) in [6.07, 6.45) is 2.10. The molecule has 0 unspecified atom stereocenters. The fraction of sp³-hybridized carbons (Fsp3) is 0.0690. The lowest BCUT2D eigenvalue weighted by molar-refractivity contribution is -0.122. The van der Waals surface area contributed by atoms with Crippen molar-refractivity contribution in [2.24, 2.45) is 0 Å². The van der Waals surface area contributed by atoms with Crippen molar-refractivity contribution in [1.82, 2.24) is 5.32 Å². The molecule has 35 heavy (non-hydrogen) atoms. The number of carbonyl (C=O) groups excluding carboxylic acids is 3. The summed E-state index contributed by atoms with van der Waals surface area (Å²) in [5.74, 6) is -1.38. The third-order valence-electron chi connectivity index (χ3n) is 6.15. The van der Waals surface area contributed by atoms with Crippen LogP contribution in [0.15, 0.2) is 90.5 Å². The molecule has 1 heterocycles. The molecule has 0 atom stereocenters. The smallest absolute Gasteiger partial charge is 0.273 e. The monoisotopic (exact) mass is 480 g/mol. The molecular weight excluding hydrogens is 460 g/mol. The van der Waals surface area contributed by atoms with Crippen LogP contribution in [0.2, 0.25) is 5.02 Å². The number of nitrogens with zero attached hydrogens (tertiary/aromatic N) is 1. The molecule has 4 amide bonds. The van der Waals surface area contributed by atoms with Crippen LogP contribution in [0.4, 0.5) is 10.5 Å². The van der Waals surface area contributed by atoms with E-state index in [0.717, 1.165) is 37.9 Å². The highest BCUT2D eigenvalue weighted by molar-refractivity contribution is 6.39. The fourth-order valence-electron chi connectivity index (χ4n) is 4.35. The van der Waals surface area contributed by atoms with E-state index in [1.807, 2.05) is 79.7 Å². The minimum atomic E-state index is -0.763. The lowest BCUT2D eigenvalue weighted by Gasteiger charge is -2.27. The van der Waals surface area contributed by atoms with Crippen LogP contribution < -0.4 is 10.2 Å². The number of para-hydroxylation sites is 1. The predicted molar refractivity (Wildman–Crippen MR) is 138 cm³/mol. The second kappa shape index (κ2) is 9.20. The Bertz CT molecular complexity index is 1540. The Kier molecular flexibility index (Phi) is 5.93. The molecule has 6 heteroatoms. The zero-order chi connectivity index (χ0) is 24.5. The van der Waals surface area contributed by atoms with Crippen LogP contribution in [-0.4, -0.2) is 17.8 Å². The standard InChI is InChI=1S/C29H21ClN2O3/c1-18-8-2-7-13-26(18)32-28(34)24(27(33)31-29(32)35)17-23-20(16-21-10-4-6-12-25(21)30)15-14-19-9-3-5-11-22(19)23/h2-15,17H,16H2,1H3,(H,31,33,35)/b24-17+.